The maximum absolute atomic E-state index is 14.0. The van der Waals surface area contributed by atoms with Crippen molar-refractivity contribution in [2.24, 2.45) is 11.8 Å². The SMILES string of the molecule is C=CCCOC(=O)[C@@H]1[C@H]2C(=O)N(CCCO)C(C(=O)N(CC=C)CCCC)C23CC[C@@]1(CC)O3. The van der Waals surface area contributed by atoms with Gasteiger partial charge >= 0.3 is 5.97 Å². The predicted molar refractivity (Wildman–Crippen MR) is 128 cm³/mol. The van der Waals surface area contributed by atoms with Gasteiger partial charge in [-0.15, -0.1) is 13.2 Å². The summed E-state index contributed by atoms with van der Waals surface area (Å²) in [5.74, 6) is -2.37. The molecule has 3 aliphatic rings. The Morgan fingerprint density at radius 1 is 1.26 bits per heavy atom. The first-order valence-corrected chi connectivity index (χ1v) is 12.7. The molecule has 0 aromatic rings. The zero-order chi connectivity index (χ0) is 24.9. The highest BCUT2D eigenvalue weighted by molar-refractivity contribution is 5.98. The third-order valence-electron chi connectivity index (χ3n) is 7.73. The van der Waals surface area contributed by atoms with Crippen molar-refractivity contribution in [1.82, 2.24) is 9.80 Å². The molecule has 34 heavy (non-hydrogen) atoms. The van der Waals surface area contributed by atoms with Crippen molar-refractivity contribution in [3.05, 3.63) is 25.3 Å². The Bertz CT molecular complexity index is 800. The number of esters is 1. The second-order valence-electron chi connectivity index (χ2n) is 9.61. The number of carbonyl (C=O) groups is 3. The summed E-state index contributed by atoms with van der Waals surface area (Å²) in [6, 6.07) is -0.826. The van der Waals surface area contributed by atoms with Crippen LogP contribution in [0.3, 0.4) is 0 Å². The average Bonchev–Trinajstić information content (AvgIpc) is 3.43. The lowest BCUT2D eigenvalue weighted by Crippen LogP contribution is -2.56. The molecule has 0 saturated carbocycles. The van der Waals surface area contributed by atoms with E-state index in [1.807, 2.05) is 6.92 Å². The Labute approximate surface area is 202 Å². The molecule has 2 unspecified atom stereocenters. The van der Waals surface area contributed by atoms with Gasteiger partial charge < -0.3 is 24.4 Å². The van der Waals surface area contributed by atoms with Gasteiger partial charge in [-0.1, -0.05) is 32.4 Å². The summed E-state index contributed by atoms with van der Waals surface area (Å²) in [5.41, 5.74) is -1.87. The molecule has 3 saturated heterocycles. The number of likely N-dealkylation sites (tertiary alicyclic amines) is 1. The summed E-state index contributed by atoms with van der Waals surface area (Å²) in [5, 5.41) is 9.46. The van der Waals surface area contributed by atoms with E-state index in [-0.39, 0.29) is 31.6 Å². The van der Waals surface area contributed by atoms with Crippen molar-refractivity contribution in [1.29, 1.82) is 0 Å². The summed E-state index contributed by atoms with van der Waals surface area (Å²) in [6.45, 7) is 12.8. The van der Waals surface area contributed by atoms with Crippen LogP contribution in [-0.4, -0.2) is 82.8 Å². The first-order valence-electron chi connectivity index (χ1n) is 12.7. The van der Waals surface area contributed by atoms with Gasteiger partial charge in [0, 0.05) is 26.2 Å². The molecule has 190 valence electrons. The minimum absolute atomic E-state index is 0.0959. The monoisotopic (exact) mass is 476 g/mol. The third-order valence-corrected chi connectivity index (χ3v) is 7.73. The second kappa shape index (κ2) is 11.0. The van der Waals surface area contributed by atoms with Gasteiger partial charge in [-0.25, -0.2) is 0 Å². The Morgan fingerprint density at radius 2 is 2.03 bits per heavy atom. The fourth-order valence-corrected chi connectivity index (χ4v) is 6.14. The van der Waals surface area contributed by atoms with Crippen LogP contribution in [0.2, 0.25) is 0 Å². The van der Waals surface area contributed by atoms with E-state index in [4.69, 9.17) is 9.47 Å². The minimum Gasteiger partial charge on any atom is -0.465 e. The molecule has 0 aliphatic carbocycles. The zero-order valence-electron chi connectivity index (χ0n) is 20.7. The lowest BCUT2D eigenvalue weighted by molar-refractivity contribution is -0.162. The highest BCUT2D eigenvalue weighted by Gasteiger charge is 2.79. The van der Waals surface area contributed by atoms with Crippen LogP contribution in [0, 0.1) is 11.8 Å². The van der Waals surface area contributed by atoms with Crippen LogP contribution < -0.4 is 0 Å². The topological polar surface area (TPSA) is 96.4 Å². The molecule has 0 aromatic carbocycles. The largest absolute Gasteiger partial charge is 0.465 e. The smallest absolute Gasteiger partial charge is 0.312 e. The van der Waals surface area contributed by atoms with E-state index in [9.17, 15) is 19.5 Å². The molecule has 3 fully saturated rings. The fraction of sp³-hybridized carbons (Fsp3) is 0.731. The van der Waals surface area contributed by atoms with Gasteiger partial charge in [0.2, 0.25) is 11.8 Å². The van der Waals surface area contributed by atoms with Crippen molar-refractivity contribution in [2.75, 3.05) is 32.8 Å². The average molecular weight is 477 g/mol. The normalized spacial score (nSPS) is 31.4. The van der Waals surface area contributed by atoms with Crippen LogP contribution in [0.15, 0.2) is 25.3 Å². The molecule has 8 nitrogen and oxygen atoms in total. The molecule has 0 aromatic heterocycles. The van der Waals surface area contributed by atoms with Crippen molar-refractivity contribution >= 4 is 17.8 Å². The third kappa shape index (κ3) is 4.31. The molecule has 8 heteroatoms. The number of unbranched alkanes of at least 4 members (excludes halogenated alkanes) is 1. The Hall–Kier alpha value is -2.19. The first kappa shape index (κ1) is 26.4. The number of amides is 2. The van der Waals surface area contributed by atoms with Crippen LogP contribution in [0.4, 0.5) is 0 Å². The van der Waals surface area contributed by atoms with Gasteiger partial charge in [0.15, 0.2) is 0 Å². The quantitative estimate of drug-likeness (QED) is 0.235. The second-order valence-corrected chi connectivity index (χ2v) is 9.61. The number of aliphatic hydroxyl groups is 1. The molecule has 5 atom stereocenters. The van der Waals surface area contributed by atoms with E-state index in [1.165, 1.54) is 0 Å². The van der Waals surface area contributed by atoms with E-state index in [1.54, 1.807) is 22.0 Å². The molecule has 0 radical (unpaired) electrons. The number of fused-ring (bicyclic) bond motifs is 1. The minimum atomic E-state index is -1.06. The van der Waals surface area contributed by atoms with Crippen molar-refractivity contribution in [3.8, 4) is 0 Å². The van der Waals surface area contributed by atoms with Gasteiger partial charge in [0.05, 0.1) is 18.1 Å². The summed E-state index contributed by atoms with van der Waals surface area (Å²) < 4.78 is 12.2. The van der Waals surface area contributed by atoms with E-state index < -0.39 is 35.0 Å². The Morgan fingerprint density at radius 3 is 2.65 bits per heavy atom. The lowest BCUT2D eigenvalue weighted by atomic mass is 9.65. The number of rotatable bonds is 14. The van der Waals surface area contributed by atoms with E-state index >= 15 is 0 Å². The van der Waals surface area contributed by atoms with E-state index in [0.29, 0.717) is 45.2 Å². The van der Waals surface area contributed by atoms with Crippen LogP contribution in [0.25, 0.3) is 0 Å². The van der Waals surface area contributed by atoms with Crippen LogP contribution >= 0.6 is 0 Å². The van der Waals surface area contributed by atoms with Crippen LogP contribution in [-0.2, 0) is 23.9 Å². The molecular formula is C26H40N2O6. The number of aliphatic hydroxyl groups excluding tert-OH is 1. The van der Waals surface area contributed by atoms with Gasteiger partial charge in [0.1, 0.15) is 17.6 Å². The maximum atomic E-state index is 14.0. The predicted octanol–water partition coefficient (Wildman–Crippen LogP) is 2.46. The molecule has 3 rings (SSSR count). The summed E-state index contributed by atoms with van der Waals surface area (Å²) >= 11 is 0. The maximum Gasteiger partial charge on any atom is 0.312 e. The van der Waals surface area contributed by atoms with Crippen LogP contribution in [0.5, 0.6) is 0 Å². The van der Waals surface area contributed by atoms with Crippen LogP contribution in [0.1, 0.15) is 58.8 Å². The van der Waals surface area contributed by atoms with Gasteiger partial charge in [-0.2, -0.15) is 0 Å². The zero-order valence-corrected chi connectivity index (χ0v) is 20.7. The number of hydrogen-bond donors (Lipinski definition) is 1. The van der Waals surface area contributed by atoms with Crippen molar-refractivity contribution < 1.29 is 29.0 Å². The number of ether oxygens (including phenoxy) is 2. The number of carbonyl (C=O) groups excluding carboxylic acids is 3. The molecule has 2 amide bonds. The van der Waals surface area contributed by atoms with Crippen molar-refractivity contribution in [2.45, 2.75) is 76.0 Å². The summed E-state index contributed by atoms with van der Waals surface area (Å²) in [6.07, 6.45) is 7.71. The summed E-state index contributed by atoms with van der Waals surface area (Å²) in [4.78, 5) is 44.4. The van der Waals surface area contributed by atoms with Crippen molar-refractivity contribution in [3.63, 3.8) is 0 Å². The highest BCUT2D eigenvalue weighted by Crippen LogP contribution is 2.64. The number of nitrogens with zero attached hydrogens (tertiary/aromatic N) is 2. The molecule has 3 heterocycles. The first-order chi connectivity index (χ1) is 16.4. The fourth-order valence-electron chi connectivity index (χ4n) is 6.14. The number of hydrogen-bond acceptors (Lipinski definition) is 6. The lowest BCUT2D eigenvalue weighted by Gasteiger charge is -2.37. The summed E-state index contributed by atoms with van der Waals surface area (Å²) in [7, 11) is 0. The molecule has 3 aliphatic heterocycles. The van der Waals surface area contributed by atoms with Gasteiger partial charge in [0.25, 0.3) is 0 Å². The van der Waals surface area contributed by atoms with E-state index in [0.717, 1.165) is 12.8 Å². The highest BCUT2D eigenvalue weighted by atomic mass is 16.6. The molecule has 1 N–H and O–H groups in total. The standard InChI is InChI=1S/C26H40N2O6/c1-5-9-15-27(14-7-3)23(31)21-26-13-12-25(8-4,34-26)20(24(32)33-18-10-6-2)19(26)22(30)28(21)16-11-17-29/h6-7,19-21,29H,2-3,5,8-18H2,1,4H3/t19-,20-,21?,25+,26?/m0/s1. The van der Waals surface area contributed by atoms with E-state index in [2.05, 4.69) is 20.1 Å². The van der Waals surface area contributed by atoms with Gasteiger partial charge in [-0.3, -0.25) is 14.4 Å². The van der Waals surface area contributed by atoms with Gasteiger partial charge in [-0.05, 0) is 38.5 Å². The molecular weight excluding hydrogens is 436 g/mol. The molecule has 2 bridgehead atoms. The Kier molecular flexibility index (Phi) is 8.57. The Balaban J connectivity index is 2.02. The molecule has 1 spiro atoms.